The van der Waals surface area contributed by atoms with Gasteiger partial charge in [0.1, 0.15) is 5.75 Å². The number of hydrogen-bond acceptors (Lipinski definition) is 2. The molecule has 1 aromatic rings. The molecule has 0 radical (unpaired) electrons. The Labute approximate surface area is 116 Å². The van der Waals surface area contributed by atoms with Crippen molar-refractivity contribution in [3.05, 3.63) is 28.2 Å². The van der Waals surface area contributed by atoms with E-state index in [0.29, 0.717) is 16.0 Å². The summed E-state index contributed by atoms with van der Waals surface area (Å²) in [5, 5.41) is 12.5. The minimum atomic E-state index is -0.108. The minimum Gasteiger partial charge on any atom is -0.507 e. The molecule has 1 amide bonds. The quantitative estimate of drug-likeness (QED) is 0.898. The lowest BCUT2D eigenvalue weighted by atomic mass is 9.89. The summed E-state index contributed by atoms with van der Waals surface area (Å²) in [6, 6.07) is 4.88. The van der Waals surface area contributed by atoms with Crippen molar-refractivity contribution in [3.63, 3.8) is 0 Å². The number of halogens is 1. The Hall–Kier alpha value is -1.03. The molecule has 1 saturated carbocycles. The van der Waals surface area contributed by atoms with Crippen LogP contribution in [0.5, 0.6) is 5.75 Å². The highest BCUT2D eigenvalue weighted by molar-refractivity contribution is 9.10. The first-order chi connectivity index (χ1) is 8.66. The number of carbonyl (C=O) groups excluding carboxylic acids is 1. The van der Waals surface area contributed by atoms with Gasteiger partial charge in [-0.15, -0.1) is 0 Å². The lowest BCUT2D eigenvalue weighted by Crippen LogP contribution is -2.30. The molecule has 3 nitrogen and oxygen atoms in total. The van der Waals surface area contributed by atoms with Crippen molar-refractivity contribution in [2.24, 2.45) is 5.92 Å². The van der Waals surface area contributed by atoms with E-state index in [2.05, 4.69) is 21.2 Å². The number of phenols is 1. The van der Waals surface area contributed by atoms with Crippen LogP contribution in [0.3, 0.4) is 0 Å². The molecule has 4 heteroatoms. The molecule has 1 fully saturated rings. The average Bonchev–Trinajstić information content (AvgIpc) is 2.40. The van der Waals surface area contributed by atoms with Crippen LogP contribution >= 0.6 is 15.9 Å². The van der Waals surface area contributed by atoms with Gasteiger partial charge in [0.05, 0.1) is 4.47 Å². The molecule has 0 spiro atoms. The fourth-order valence-corrected chi connectivity index (χ4v) is 2.63. The molecule has 1 aromatic carbocycles. The van der Waals surface area contributed by atoms with Crippen molar-refractivity contribution in [1.82, 2.24) is 5.32 Å². The third kappa shape index (κ3) is 3.48. The van der Waals surface area contributed by atoms with Gasteiger partial charge >= 0.3 is 0 Å². The second-order valence-electron chi connectivity index (χ2n) is 4.88. The van der Waals surface area contributed by atoms with E-state index in [1.807, 2.05) is 0 Å². The third-order valence-corrected chi connectivity index (χ3v) is 4.15. The summed E-state index contributed by atoms with van der Waals surface area (Å²) in [6.45, 7) is 0.746. The fourth-order valence-electron chi connectivity index (χ4n) is 2.38. The van der Waals surface area contributed by atoms with Crippen molar-refractivity contribution in [3.8, 4) is 5.75 Å². The number of hydrogen-bond donors (Lipinski definition) is 2. The van der Waals surface area contributed by atoms with Gasteiger partial charge in [-0.05, 0) is 52.9 Å². The van der Waals surface area contributed by atoms with E-state index in [1.165, 1.54) is 38.2 Å². The van der Waals surface area contributed by atoms with E-state index in [-0.39, 0.29) is 11.7 Å². The molecule has 0 aromatic heterocycles. The van der Waals surface area contributed by atoms with Gasteiger partial charge in [0.25, 0.3) is 5.91 Å². The Morgan fingerprint density at radius 2 is 2.06 bits per heavy atom. The van der Waals surface area contributed by atoms with Crippen LogP contribution in [0.25, 0.3) is 0 Å². The Morgan fingerprint density at radius 1 is 1.33 bits per heavy atom. The van der Waals surface area contributed by atoms with Crippen LogP contribution < -0.4 is 5.32 Å². The van der Waals surface area contributed by atoms with Crippen molar-refractivity contribution < 1.29 is 9.90 Å². The largest absolute Gasteiger partial charge is 0.507 e. The highest BCUT2D eigenvalue weighted by atomic mass is 79.9. The maximum absolute atomic E-state index is 11.9. The molecule has 2 rings (SSSR count). The van der Waals surface area contributed by atoms with Crippen LogP contribution in [-0.2, 0) is 0 Å². The number of carbonyl (C=O) groups is 1. The van der Waals surface area contributed by atoms with Gasteiger partial charge in [0.15, 0.2) is 0 Å². The van der Waals surface area contributed by atoms with E-state index in [1.54, 1.807) is 12.1 Å². The summed E-state index contributed by atoms with van der Waals surface area (Å²) >= 11 is 3.20. The molecule has 0 unspecified atom stereocenters. The van der Waals surface area contributed by atoms with Crippen LogP contribution in [0.4, 0.5) is 0 Å². The first kappa shape index (κ1) is 13.4. The Kier molecular flexibility index (Phi) is 4.64. The van der Waals surface area contributed by atoms with Crippen LogP contribution in [0, 0.1) is 5.92 Å². The van der Waals surface area contributed by atoms with Crippen molar-refractivity contribution in [2.45, 2.75) is 32.1 Å². The SMILES string of the molecule is O=C(NCC1CCCCC1)c1ccc(Br)c(O)c1. The highest BCUT2D eigenvalue weighted by Gasteiger charge is 2.15. The zero-order valence-corrected chi connectivity index (χ0v) is 11.9. The lowest BCUT2D eigenvalue weighted by molar-refractivity contribution is 0.0943. The summed E-state index contributed by atoms with van der Waals surface area (Å²) in [6.07, 6.45) is 6.31. The van der Waals surface area contributed by atoms with Gasteiger partial charge in [0.2, 0.25) is 0 Å². The molecular formula is C14H18BrNO2. The standard InChI is InChI=1S/C14H18BrNO2/c15-12-7-6-11(8-13(12)17)14(18)16-9-10-4-2-1-3-5-10/h6-8,10,17H,1-5,9H2,(H,16,18). The summed E-state index contributed by atoms with van der Waals surface area (Å²) in [5.41, 5.74) is 0.506. The Bertz CT molecular complexity index is 428. The minimum absolute atomic E-state index is 0.0975. The van der Waals surface area contributed by atoms with Gasteiger partial charge in [-0.1, -0.05) is 19.3 Å². The van der Waals surface area contributed by atoms with Gasteiger partial charge in [0, 0.05) is 12.1 Å². The van der Waals surface area contributed by atoms with E-state index in [4.69, 9.17) is 0 Å². The smallest absolute Gasteiger partial charge is 0.251 e. The first-order valence-electron chi connectivity index (χ1n) is 6.43. The van der Waals surface area contributed by atoms with E-state index >= 15 is 0 Å². The molecule has 1 aliphatic rings. The summed E-state index contributed by atoms with van der Waals surface area (Å²) in [7, 11) is 0. The second kappa shape index (κ2) is 6.23. The summed E-state index contributed by atoms with van der Waals surface area (Å²) in [4.78, 5) is 11.9. The molecule has 0 aliphatic heterocycles. The van der Waals surface area contributed by atoms with E-state index < -0.39 is 0 Å². The molecule has 0 heterocycles. The summed E-state index contributed by atoms with van der Waals surface area (Å²) < 4.78 is 0.603. The fraction of sp³-hybridized carbons (Fsp3) is 0.500. The molecule has 1 aliphatic carbocycles. The first-order valence-corrected chi connectivity index (χ1v) is 7.23. The van der Waals surface area contributed by atoms with E-state index in [0.717, 1.165) is 6.54 Å². The monoisotopic (exact) mass is 311 g/mol. The van der Waals surface area contributed by atoms with Gasteiger partial charge in [-0.3, -0.25) is 4.79 Å². The van der Waals surface area contributed by atoms with Gasteiger partial charge in [-0.25, -0.2) is 0 Å². The topological polar surface area (TPSA) is 49.3 Å². The zero-order valence-electron chi connectivity index (χ0n) is 10.3. The number of aromatic hydroxyl groups is 1. The Balaban J connectivity index is 1.88. The van der Waals surface area contributed by atoms with Crippen molar-refractivity contribution in [2.75, 3.05) is 6.54 Å². The number of phenolic OH excluding ortho intramolecular Hbond substituents is 1. The maximum Gasteiger partial charge on any atom is 0.251 e. The Morgan fingerprint density at radius 3 is 2.72 bits per heavy atom. The molecule has 0 bridgehead atoms. The summed E-state index contributed by atoms with van der Waals surface area (Å²) in [5.74, 6) is 0.607. The van der Waals surface area contributed by atoms with Crippen LogP contribution in [-0.4, -0.2) is 17.6 Å². The second-order valence-corrected chi connectivity index (χ2v) is 5.73. The predicted octanol–water partition coefficient (Wildman–Crippen LogP) is 3.46. The number of rotatable bonds is 3. The highest BCUT2D eigenvalue weighted by Crippen LogP contribution is 2.25. The normalized spacial score (nSPS) is 16.5. The maximum atomic E-state index is 11.9. The number of benzene rings is 1. The number of nitrogens with one attached hydrogen (secondary N) is 1. The van der Waals surface area contributed by atoms with Crippen LogP contribution in [0.1, 0.15) is 42.5 Å². The van der Waals surface area contributed by atoms with Crippen LogP contribution in [0.15, 0.2) is 22.7 Å². The van der Waals surface area contributed by atoms with Gasteiger partial charge in [-0.2, -0.15) is 0 Å². The third-order valence-electron chi connectivity index (χ3n) is 3.48. The zero-order chi connectivity index (χ0) is 13.0. The molecule has 0 atom stereocenters. The molecule has 2 N–H and O–H groups in total. The van der Waals surface area contributed by atoms with Crippen molar-refractivity contribution >= 4 is 21.8 Å². The van der Waals surface area contributed by atoms with E-state index in [9.17, 15) is 9.90 Å². The van der Waals surface area contributed by atoms with Crippen molar-refractivity contribution in [1.29, 1.82) is 0 Å². The molecule has 18 heavy (non-hydrogen) atoms. The van der Waals surface area contributed by atoms with Gasteiger partial charge < -0.3 is 10.4 Å². The van der Waals surface area contributed by atoms with Crippen LogP contribution in [0.2, 0.25) is 0 Å². The molecule has 98 valence electrons. The lowest BCUT2D eigenvalue weighted by Gasteiger charge is -2.21. The molecule has 0 saturated heterocycles. The predicted molar refractivity (Wildman–Crippen MR) is 74.7 cm³/mol. The molecular weight excluding hydrogens is 294 g/mol. The average molecular weight is 312 g/mol. The number of amides is 1.